The van der Waals surface area contributed by atoms with Crippen LogP contribution in [0.25, 0.3) is 10.9 Å². The quantitative estimate of drug-likeness (QED) is 0.589. The highest BCUT2D eigenvalue weighted by molar-refractivity contribution is 6.06. The smallest absolute Gasteiger partial charge is 0.271 e. The Hall–Kier alpha value is -3.30. The Kier molecular flexibility index (Phi) is 5.47. The van der Waals surface area contributed by atoms with E-state index in [0.717, 1.165) is 31.9 Å². The van der Waals surface area contributed by atoms with E-state index in [9.17, 15) is 9.18 Å². The molecule has 2 aromatic carbocycles. The summed E-state index contributed by atoms with van der Waals surface area (Å²) in [7, 11) is 2.10. The lowest BCUT2D eigenvalue weighted by atomic mass is 10.1. The number of carbonyl (C=O) groups is 1. The number of aromatic nitrogens is 2. The molecule has 1 aliphatic rings. The predicted molar refractivity (Wildman–Crippen MR) is 115 cm³/mol. The maximum Gasteiger partial charge on any atom is 0.271 e. The maximum atomic E-state index is 14.5. The molecular formula is C21H24FN7O. The second-order valence-corrected chi connectivity index (χ2v) is 7.42. The molecule has 1 fully saturated rings. The Morgan fingerprint density at radius 3 is 2.57 bits per heavy atom. The number of anilines is 3. The molecule has 5 N–H and O–H groups in total. The van der Waals surface area contributed by atoms with Crippen LogP contribution >= 0.6 is 0 Å². The zero-order valence-electron chi connectivity index (χ0n) is 16.7. The third-order valence-electron chi connectivity index (χ3n) is 5.38. The molecule has 8 nitrogen and oxygen atoms in total. The maximum absolute atomic E-state index is 14.5. The number of likely N-dealkylation sites (N-methyl/N-ethyl adjacent to an activating group) is 1. The van der Waals surface area contributed by atoms with Crippen LogP contribution in [-0.4, -0.2) is 54.2 Å². The van der Waals surface area contributed by atoms with Gasteiger partial charge in [0.05, 0.1) is 16.9 Å². The molecule has 1 saturated heterocycles. The number of fused-ring (bicyclic) bond motifs is 1. The SMILES string of the molecule is CN1CCN(c2ccc3c(Nc4ccc(CN)cc4F)c(C(N)=O)nnc3c2)CC1. The van der Waals surface area contributed by atoms with E-state index in [1.54, 1.807) is 12.1 Å². The fraction of sp³-hybridized carbons (Fsp3) is 0.286. The van der Waals surface area contributed by atoms with Gasteiger partial charge < -0.3 is 26.6 Å². The van der Waals surface area contributed by atoms with Crippen LogP contribution in [0.2, 0.25) is 0 Å². The minimum absolute atomic E-state index is 0.0443. The number of nitrogens with zero attached hydrogens (tertiary/aromatic N) is 4. The number of carbonyl (C=O) groups excluding carboxylic acids is 1. The highest BCUT2D eigenvalue weighted by atomic mass is 19.1. The average Bonchev–Trinajstić information content (AvgIpc) is 2.75. The van der Waals surface area contributed by atoms with Crippen molar-refractivity contribution in [2.75, 3.05) is 43.4 Å². The Balaban J connectivity index is 1.75. The van der Waals surface area contributed by atoms with Gasteiger partial charge in [-0.15, -0.1) is 10.2 Å². The van der Waals surface area contributed by atoms with Crippen LogP contribution in [0.15, 0.2) is 36.4 Å². The lowest BCUT2D eigenvalue weighted by Gasteiger charge is -2.34. The molecule has 0 unspecified atom stereocenters. The van der Waals surface area contributed by atoms with Crippen molar-refractivity contribution in [2.45, 2.75) is 6.54 Å². The summed E-state index contributed by atoms with van der Waals surface area (Å²) < 4.78 is 14.5. The molecule has 1 aromatic heterocycles. The van der Waals surface area contributed by atoms with Gasteiger partial charge in [-0.1, -0.05) is 6.07 Å². The van der Waals surface area contributed by atoms with E-state index in [0.29, 0.717) is 22.2 Å². The van der Waals surface area contributed by atoms with Gasteiger partial charge in [-0.3, -0.25) is 4.79 Å². The van der Waals surface area contributed by atoms with Crippen LogP contribution in [0.1, 0.15) is 16.1 Å². The van der Waals surface area contributed by atoms with E-state index in [-0.39, 0.29) is 17.9 Å². The molecular weight excluding hydrogens is 385 g/mol. The van der Waals surface area contributed by atoms with Crippen molar-refractivity contribution < 1.29 is 9.18 Å². The number of rotatable bonds is 5. The second-order valence-electron chi connectivity index (χ2n) is 7.42. The minimum atomic E-state index is -0.742. The van der Waals surface area contributed by atoms with Crippen molar-refractivity contribution in [3.63, 3.8) is 0 Å². The number of piperazine rings is 1. The zero-order valence-corrected chi connectivity index (χ0v) is 16.7. The number of hydrogen-bond donors (Lipinski definition) is 3. The van der Waals surface area contributed by atoms with Gasteiger partial charge in [0.1, 0.15) is 5.82 Å². The highest BCUT2D eigenvalue weighted by Crippen LogP contribution is 2.31. The molecule has 0 radical (unpaired) electrons. The van der Waals surface area contributed by atoms with E-state index in [2.05, 4.69) is 32.4 Å². The van der Waals surface area contributed by atoms with Gasteiger partial charge in [-0.25, -0.2) is 4.39 Å². The largest absolute Gasteiger partial charge is 0.369 e. The minimum Gasteiger partial charge on any atom is -0.369 e. The molecule has 0 atom stereocenters. The van der Waals surface area contributed by atoms with Gasteiger partial charge in [0, 0.05) is 43.8 Å². The van der Waals surface area contributed by atoms with Crippen molar-refractivity contribution in [2.24, 2.45) is 11.5 Å². The van der Waals surface area contributed by atoms with Gasteiger partial charge >= 0.3 is 0 Å². The lowest BCUT2D eigenvalue weighted by Crippen LogP contribution is -2.44. The van der Waals surface area contributed by atoms with Gasteiger partial charge in [0.2, 0.25) is 0 Å². The summed E-state index contributed by atoms with van der Waals surface area (Å²) in [6, 6.07) is 10.4. The molecule has 0 aliphatic carbocycles. The Labute approximate surface area is 173 Å². The Morgan fingerprint density at radius 1 is 1.13 bits per heavy atom. The number of benzene rings is 2. The number of primary amides is 1. The first-order chi connectivity index (χ1) is 14.5. The highest BCUT2D eigenvalue weighted by Gasteiger charge is 2.19. The number of nitrogens with two attached hydrogens (primary N) is 2. The fourth-order valence-electron chi connectivity index (χ4n) is 3.58. The first kappa shape index (κ1) is 20.0. The van der Waals surface area contributed by atoms with E-state index < -0.39 is 11.7 Å². The average molecular weight is 409 g/mol. The fourth-order valence-corrected chi connectivity index (χ4v) is 3.58. The van der Waals surface area contributed by atoms with Gasteiger partial charge in [0.25, 0.3) is 5.91 Å². The molecule has 0 saturated carbocycles. The van der Waals surface area contributed by atoms with E-state index in [1.807, 2.05) is 18.2 Å². The van der Waals surface area contributed by atoms with Crippen LogP contribution in [0.4, 0.5) is 21.5 Å². The normalized spacial score (nSPS) is 14.8. The number of halogens is 1. The summed E-state index contributed by atoms with van der Waals surface area (Å²) >= 11 is 0. The van der Waals surface area contributed by atoms with Gasteiger partial charge in [-0.2, -0.15) is 0 Å². The molecule has 0 bridgehead atoms. The summed E-state index contributed by atoms with van der Waals surface area (Å²) in [5.74, 6) is -1.22. The molecule has 156 valence electrons. The Morgan fingerprint density at radius 2 is 1.90 bits per heavy atom. The molecule has 9 heteroatoms. The molecule has 4 rings (SSSR count). The number of hydrogen-bond acceptors (Lipinski definition) is 7. The summed E-state index contributed by atoms with van der Waals surface area (Å²) in [5, 5.41) is 11.8. The van der Waals surface area contributed by atoms with Crippen molar-refractivity contribution in [1.82, 2.24) is 15.1 Å². The summed E-state index contributed by atoms with van der Waals surface area (Å²) in [5.41, 5.74) is 13.8. The van der Waals surface area contributed by atoms with Crippen molar-refractivity contribution >= 4 is 33.9 Å². The van der Waals surface area contributed by atoms with Crippen LogP contribution in [0, 0.1) is 5.82 Å². The van der Waals surface area contributed by atoms with E-state index in [4.69, 9.17) is 11.5 Å². The van der Waals surface area contributed by atoms with Crippen LogP contribution in [0.5, 0.6) is 0 Å². The van der Waals surface area contributed by atoms with Crippen LogP contribution in [-0.2, 0) is 6.54 Å². The molecule has 1 aliphatic heterocycles. The summed E-state index contributed by atoms with van der Waals surface area (Å²) in [6.07, 6.45) is 0. The second kappa shape index (κ2) is 8.21. The van der Waals surface area contributed by atoms with Crippen LogP contribution in [0.3, 0.4) is 0 Å². The van der Waals surface area contributed by atoms with Gasteiger partial charge in [-0.05, 0) is 42.9 Å². The Bertz CT molecular complexity index is 1100. The van der Waals surface area contributed by atoms with Crippen molar-refractivity contribution in [1.29, 1.82) is 0 Å². The van der Waals surface area contributed by atoms with Crippen molar-refractivity contribution in [3.05, 3.63) is 53.5 Å². The molecule has 0 spiro atoms. The molecule has 3 aromatic rings. The van der Waals surface area contributed by atoms with Crippen LogP contribution < -0.4 is 21.7 Å². The monoisotopic (exact) mass is 409 g/mol. The third kappa shape index (κ3) is 3.89. The van der Waals surface area contributed by atoms with Crippen molar-refractivity contribution in [3.8, 4) is 0 Å². The third-order valence-corrected chi connectivity index (χ3v) is 5.38. The first-order valence-corrected chi connectivity index (χ1v) is 9.75. The first-order valence-electron chi connectivity index (χ1n) is 9.75. The predicted octanol–water partition coefficient (Wildman–Crippen LogP) is 1.82. The van der Waals surface area contributed by atoms with E-state index >= 15 is 0 Å². The summed E-state index contributed by atoms with van der Waals surface area (Å²) in [4.78, 5) is 16.5. The van der Waals surface area contributed by atoms with Gasteiger partial charge in [0.15, 0.2) is 5.69 Å². The molecule has 2 heterocycles. The molecule has 30 heavy (non-hydrogen) atoms. The molecule has 1 amide bonds. The zero-order chi connectivity index (χ0) is 21.3. The number of nitrogens with one attached hydrogen (secondary N) is 1. The standard InChI is InChI=1S/C21H24FN7O/c1-28-6-8-29(9-7-28)14-3-4-15-18(11-14)26-27-20(21(24)30)19(15)25-17-5-2-13(12-23)10-16(17)22/h2-5,10-11H,6-9,12,23H2,1H3,(H2,24,30)(H,25,26). The lowest BCUT2D eigenvalue weighted by molar-refractivity contribution is 0.0995. The topological polar surface area (TPSA) is 113 Å². The van der Waals surface area contributed by atoms with E-state index in [1.165, 1.54) is 6.07 Å². The summed E-state index contributed by atoms with van der Waals surface area (Å²) in [6.45, 7) is 4.03. The number of amides is 1.